The molecule has 0 bridgehead atoms. The molecule has 2 heterocycles. The molecule has 2 atom stereocenters. The lowest BCUT2D eigenvalue weighted by atomic mass is 10.1. The molecule has 6 nitrogen and oxygen atoms in total. The Morgan fingerprint density at radius 3 is 2.37 bits per heavy atom. The summed E-state index contributed by atoms with van der Waals surface area (Å²) in [6, 6.07) is 6.00. The third-order valence-electron chi connectivity index (χ3n) is 5.68. The monoisotopic (exact) mass is 397 g/mol. The van der Waals surface area contributed by atoms with Gasteiger partial charge in [-0.15, -0.1) is 0 Å². The number of sulfone groups is 1. The third kappa shape index (κ3) is 4.60. The number of nitrogens with zero attached hydrogens (tertiary/aromatic N) is 3. The zero-order chi connectivity index (χ0) is 19.6. The first-order chi connectivity index (χ1) is 12.8. The fourth-order valence-corrected chi connectivity index (χ4v) is 5.76. The molecule has 0 aliphatic carbocycles. The second-order valence-corrected chi connectivity index (χ2v) is 9.59. The van der Waals surface area contributed by atoms with Gasteiger partial charge in [0.2, 0.25) is 5.91 Å². The molecule has 0 N–H and O–H groups in total. The van der Waals surface area contributed by atoms with Crippen LogP contribution in [0.15, 0.2) is 24.3 Å². The Bertz CT molecular complexity index is 761. The normalized spacial score (nSPS) is 24.0. The van der Waals surface area contributed by atoms with Crippen LogP contribution in [0.5, 0.6) is 0 Å². The first kappa shape index (κ1) is 20.1. The van der Waals surface area contributed by atoms with Crippen LogP contribution in [0.3, 0.4) is 0 Å². The predicted molar refractivity (Wildman–Crippen MR) is 104 cm³/mol. The maximum atomic E-state index is 13.1. The van der Waals surface area contributed by atoms with E-state index in [0.717, 1.165) is 31.9 Å². The first-order valence-electron chi connectivity index (χ1n) is 9.56. The highest BCUT2D eigenvalue weighted by Gasteiger charge is 2.37. The van der Waals surface area contributed by atoms with Crippen LogP contribution in [0, 0.1) is 5.82 Å². The summed E-state index contributed by atoms with van der Waals surface area (Å²) in [6.07, 6.45) is 0.535. The zero-order valence-electron chi connectivity index (χ0n) is 16.0. The molecule has 150 valence electrons. The van der Waals surface area contributed by atoms with Gasteiger partial charge in [0.1, 0.15) is 5.82 Å². The van der Waals surface area contributed by atoms with Crippen LogP contribution < -0.4 is 4.90 Å². The van der Waals surface area contributed by atoms with E-state index in [1.165, 1.54) is 12.1 Å². The quantitative estimate of drug-likeness (QED) is 0.751. The minimum absolute atomic E-state index is 0.00910. The minimum atomic E-state index is -3.02. The molecule has 1 aromatic carbocycles. The van der Waals surface area contributed by atoms with Gasteiger partial charge < -0.3 is 9.80 Å². The maximum Gasteiger partial charge on any atom is 0.239 e. The van der Waals surface area contributed by atoms with Crippen molar-refractivity contribution in [2.75, 3.05) is 49.1 Å². The molecule has 0 saturated carbocycles. The van der Waals surface area contributed by atoms with Gasteiger partial charge in [-0.25, -0.2) is 12.8 Å². The van der Waals surface area contributed by atoms with Crippen molar-refractivity contribution < 1.29 is 17.6 Å². The number of hydrogen-bond donors (Lipinski definition) is 0. The Morgan fingerprint density at radius 2 is 1.85 bits per heavy atom. The van der Waals surface area contributed by atoms with Gasteiger partial charge in [0.05, 0.1) is 17.5 Å². The number of halogens is 1. The highest BCUT2D eigenvalue weighted by molar-refractivity contribution is 7.91. The summed E-state index contributed by atoms with van der Waals surface area (Å²) in [6.45, 7) is 7.36. The van der Waals surface area contributed by atoms with Gasteiger partial charge in [-0.2, -0.15) is 0 Å². The van der Waals surface area contributed by atoms with Crippen LogP contribution in [0.25, 0.3) is 0 Å². The Hall–Kier alpha value is -1.67. The number of piperazine rings is 1. The molecule has 2 aliphatic rings. The molecule has 0 unspecified atom stereocenters. The van der Waals surface area contributed by atoms with E-state index in [0.29, 0.717) is 13.0 Å². The average Bonchev–Trinajstić information content (AvgIpc) is 3.02. The summed E-state index contributed by atoms with van der Waals surface area (Å²) in [5, 5.41) is 0. The molecular formula is C19H28FN3O3S. The van der Waals surface area contributed by atoms with Crippen molar-refractivity contribution in [3.05, 3.63) is 30.1 Å². The smallest absolute Gasteiger partial charge is 0.239 e. The second-order valence-electron chi connectivity index (χ2n) is 7.36. The average molecular weight is 398 g/mol. The van der Waals surface area contributed by atoms with Crippen LogP contribution in [-0.4, -0.2) is 80.4 Å². The molecule has 0 radical (unpaired) electrons. The fraction of sp³-hybridized carbons (Fsp3) is 0.632. The van der Waals surface area contributed by atoms with Gasteiger partial charge in [0.25, 0.3) is 0 Å². The number of amides is 1. The number of rotatable bonds is 5. The molecule has 8 heteroatoms. The Kier molecular flexibility index (Phi) is 6.05. The van der Waals surface area contributed by atoms with E-state index in [-0.39, 0.29) is 35.3 Å². The second kappa shape index (κ2) is 8.14. The number of carbonyl (C=O) groups is 1. The molecule has 0 aromatic heterocycles. The summed E-state index contributed by atoms with van der Waals surface area (Å²) in [4.78, 5) is 19.1. The highest BCUT2D eigenvalue weighted by Crippen LogP contribution is 2.21. The van der Waals surface area contributed by atoms with Crippen molar-refractivity contribution in [3.63, 3.8) is 0 Å². The lowest BCUT2D eigenvalue weighted by Crippen LogP contribution is -2.56. The van der Waals surface area contributed by atoms with Gasteiger partial charge >= 0.3 is 0 Å². The molecule has 27 heavy (non-hydrogen) atoms. The number of carbonyl (C=O) groups excluding carboxylic acids is 1. The van der Waals surface area contributed by atoms with Gasteiger partial charge in [0.15, 0.2) is 9.84 Å². The van der Waals surface area contributed by atoms with Crippen LogP contribution in [0.4, 0.5) is 10.1 Å². The van der Waals surface area contributed by atoms with E-state index in [1.54, 1.807) is 17.0 Å². The van der Waals surface area contributed by atoms with E-state index < -0.39 is 9.84 Å². The van der Waals surface area contributed by atoms with Gasteiger partial charge in [-0.3, -0.25) is 9.69 Å². The van der Waals surface area contributed by atoms with Crippen molar-refractivity contribution in [1.82, 2.24) is 9.80 Å². The van der Waals surface area contributed by atoms with Gasteiger partial charge in [-0.1, -0.05) is 0 Å². The van der Waals surface area contributed by atoms with Crippen molar-refractivity contribution in [3.8, 4) is 0 Å². The summed E-state index contributed by atoms with van der Waals surface area (Å²) in [5.41, 5.74) is 0.987. The number of hydrogen-bond acceptors (Lipinski definition) is 5. The molecule has 2 aliphatic heterocycles. The SMILES string of the molecule is CCN(C(=O)[C@H](C)N1CCN(c2ccc(F)cc2)CC1)[C@H]1CCS(=O)(=O)C1. The summed E-state index contributed by atoms with van der Waals surface area (Å²) in [7, 11) is -3.02. The molecule has 3 rings (SSSR count). The van der Waals surface area contributed by atoms with E-state index >= 15 is 0 Å². The minimum Gasteiger partial charge on any atom is -0.369 e. The summed E-state index contributed by atoms with van der Waals surface area (Å²) in [5.74, 6) is 0.0177. The van der Waals surface area contributed by atoms with Crippen LogP contribution >= 0.6 is 0 Å². The van der Waals surface area contributed by atoms with Crippen molar-refractivity contribution in [2.24, 2.45) is 0 Å². The van der Waals surface area contributed by atoms with Crippen LogP contribution in [0.2, 0.25) is 0 Å². The lowest BCUT2D eigenvalue weighted by molar-refractivity contribution is -0.138. The highest BCUT2D eigenvalue weighted by atomic mass is 32.2. The Labute approximate surface area is 160 Å². The molecule has 1 amide bonds. The largest absolute Gasteiger partial charge is 0.369 e. The number of anilines is 1. The van der Waals surface area contributed by atoms with Gasteiger partial charge in [-0.05, 0) is 44.5 Å². The van der Waals surface area contributed by atoms with Crippen molar-refractivity contribution in [2.45, 2.75) is 32.4 Å². The Morgan fingerprint density at radius 1 is 1.22 bits per heavy atom. The van der Waals surface area contributed by atoms with Gasteiger partial charge in [0, 0.05) is 44.5 Å². The predicted octanol–water partition coefficient (Wildman–Crippen LogP) is 1.37. The molecule has 2 saturated heterocycles. The maximum absolute atomic E-state index is 13.1. The summed E-state index contributed by atoms with van der Waals surface area (Å²) >= 11 is 0. The topological polar surface area (TPSA) is 60.9 Å². The van der Waals surface area contributed by atoms with E-state index in [2.05, 4.69) is 9.80 Å². The number of likely N-dealkylation sites (N-methyl/N-ethyl adjacent to an activating group) is 1. The molecule has 2 fully saturated rings. The van der Waals surface area contributed by atoms with Crippen LogP contribution in [-0.2, 0) is 14.6 Å². The van der Waals surface area contributed by atoms with Crippen molar-refractivity contribution >= 4 is 21.4 Å². The van der Waals surface area contributed by atoms with Crippen LogP contribution in [0.1, 0.15) is 20.3 Å². The molecule has 0 spiro atoms. The fourth-order valence-electron chi connectivity index (χ4n) is 4.03. The van der Waals surface area contributed by atoms with E-state index in [4.69, 9.17) is 0 Å². The summed E-state index contributed by atoms with van der Waals surface area (Å²) < 4.78 is 36.6. The molecule has 1 aromatic rings. The standard InChI is InChI=1S/C19H28FN3O3S/c1-3-23(18-8-13-27(25,26)14-18)19(24)15(2)21-9-11-22(12-10-21)17-6-4-16(20)5-7-17/h4-7,15,18H,3,8-14H2,1-2H3/t15-,18-/m0/s1. The number of benzene rings is 1. The third-order valence-corrected chi connectivity index (χ3v) is 7.43. The zero-order valence-corrected chi connectivity index (χ0v) is 16.8. The van der Waals surface area contributed by atoms with E-state index in [1.807, 2.05) is 13.8 Å². The first-order valence-corrected chi connectivity index (χ1v) is 11.4. The van der Waals surface area contributed by atoms with Crippen molar-refractivity contribution in [1.29, 1.82) is 0 Å². The molecular weight excluding hydrogens is 369 g/mol. The lowest BCUT2D eigenvalue weighted by Gasteiger charge is -2.40. The Balaban J connectivity index is 1.58. The van der Waals surface area contributed by atoms with E-state index in [9.17, 15) is 17.6 Å².